The first-order valence-corrected chi connectivity index (χ1v) is 9.62. The van der Waals surface area contributed by atoms with E-state index in [1.807, 2.05) is 31.2 Å². The second-order valence-corrected chi connectivity index (χ2v) is 7.25. The molecule has 0 saturated heterocycles. The monoisotopic (exact) mass is 420 g/mol. The van der Waals surface area contributed by atoms with Gasteiger partial charge in [-0.1, -0.05) is 36.4 Å². The summed E-state index contributed by atoms with van der Waals surface area (Å²) in [4.78, 5) is 29.8. The van der Waals surface area contributed by atoms with Gasteiger partial charge in [-0.15, -0.1) is 0 Å². The van der Waals surface area contributed by atoms with Crippen molar-refractivity contribution in [2.45, 2.75) is 13.5 Å². The number of hydrogen-bond donors (Lipinski definition) is 1. The summed E-state index contributed by atoms with van der Waals surface area (Å²) in [5, 5.41) is 4.19. The van der Waals surface area contributed by atoms with Crippen molar-refractivity contribution >= 4 is 23.3 Å². The summed E-state index contributed by atoms with van der Waals surface area (Å²) in [5.41, 5.74) is 5.29. The van der Waals surface area contributed by atoms with Crippen LogP contribution in [0.5, 0.6) is 0 Å². The smallest absolute Gasteiger partial charge is 0.298 e. The van der Waals surface area contributed by atoms with Gasteiger partial charge < -0.3 is 0 Å². The number of aromatic nitrogens is 4. The van der Waals surface area contributed by atoms with E-state index in [4.69, 9.17) is 0 Å². The molecule has 0 atom stereocenters. The molecule has 2 aromatic heterocycles. The zero-order chi connectivity index (χ0) is 22.1. The minimum Gasteiger partial charge on any atom is -0.298 e. The molecule has 31 heavy (non-hydrogen) atoms. The number of aryl methyl sites for hydroxylation is 2. The van der Waals surface area contributed by atoms with Crippen molar-refractivity contribution in [1.29, 1.82) is 0 Å². The van der Waals surface area contributed by atoms with Crippen molar-refractivity contribution in [2.75, 3.05) is 5.43 Å². The Morgan fingerprint density at radius 3 is 2.48 bits per heavy atom. The van der Waals surface area contributed by atoms with E-state index < -0.39 is 11.2 Å². The van der Waals surface area contributed by atoms with Gasteiger partial charge in [0, 0.05) is 14.1 Å². The molecule has 0 bridgehead atoms. The van der Waals surface area contributed by atoms with E-state index >= 15 is 0 Å². The summed E-state index contributed by atoms with van der Waals surface area (Å²) >= 11 is 0. The number of rotatable bonds is 5. The van der Waals surface area contributed by atoms with Gasteiger partial charge in [-0.25, -0.2) is 14.6 Å². The number of hydrogen-bond acceptors (Lipinski definition) is 5. The Balaban J connectivity index is 1.83. The van der Waals surface area contributed by atoms with Crippen LogP contribution in [-0.2, 0) is 20.6 Å². The quantitative estimate of drug-likeness (QED) is 0.397. The van der Waals surface area contributed by atoms with Crippen molar-refractivity contribution < 1.29 is 4.39 Å². The first-order valence-electron chi connectivity index (χ1n) is 9.62. The zero-order valence-corrected chi connectivity index (χ0v) is 17.3. The molecule has 2 heterocycles. The highest BCUT2D eigenvalue weighted by Gasteiger charge is 2.19. The second-order valence-electron chi connectivity index (χ2n) is 7.25. The Morgan fingerprint density at radius 1 is 1.06 bits per heavy atom. The number of halogens is 1. The Kier molecular flexibility index (Phi) is 5.24. The molecule has 4 rings (SSSR count). The second kappa shape index (κ2) is 8.02. The highest BCUT2D eigenvalue weighted by Crippen LogP contribution is 2.19. The van der Waals surface area contributed by atoms with Crippen LogP contribution in [0.1, 0.15) is 16.7 Å². The number of nitrogens with one attached hydrogen (secondary N) is 1. The Hall–Kier alpha value is -4.01. The van der Waals surface area contributed by atoms with Crippen LogP contribution in [0.4, 0.5) is 10.3 Å². The maximum absolute atomic E-state index is 13.1. The van der Waals surface area contributed by atoms with Crippen LogP contribution in [0.3, 0.4) is 0 Å². The molecule has 0 aliphatic rings. The van der Waals surface area contributed by atoms with Gasteiger partial charge in [-0.05, 0) is 35.7 Å². The first-order chi connectivity index (χ1) is 14.9. The summed E-state index contributed by atoms with van der Waals surface area (Å²) in [5.74, 6) is -0.0168. The average molecular weight is 420 g/mol. The van der Waals surface area contributed by atoms with Crippen LogP contribution in [0.15, 0.2) is 63.2 Å². The van der Waals surface area contributed by atoms with E-state index in [9.17, 15) is 14.0 Å². The molecule has 2 aromatic carbocycles. The van der Waals surface area contributed by atoms with Gasteiger partial charge >= 0.3 is 5.69 Å². The molecule has 0 radical (unpaired) electrons. The largest absolute Gasteiger partial charge is 0.332 e. The standard InChI is InChI=1S/C22H21FN6O2/c1-14-6-4-5-7-16(14)13-29-18-19(27(2)22(31)28(3)20(18)30)25-21(29)26-24-12-15-8-10-17(23)11-9-15/h4-12H,13H2,1-3H3,(H,25,26)/b24-12-. The topological polar surface area (TPSA) is 86.2 Å². The van der Waals surface area contributed by atoms with E-state index in [1.165, 1.54) is 30.0 Å². The molecule has 0 unspecified atom stereocenters. The summed E-state index contributed by atoms with van der Waals surface area (Å²) in [6.45, 7) is 2.35. The molecule has 0 saturated carbocycles. The summed E-state index contributed by atoms with van der Waals surface area (Å²) in [6.07, 6.45) is 1.52. The molecule has 0 aliphatic carbocycles. The maximum atomic E-state index is 13.1. The van der Waals surface area contributed by atoms with Crippen molar-refractivity contribution in [2.24, 2.45) is 19.2 Å². The van der Waals surface area contributed by atoms with Crippen molar-refractivity contribution in [3.63, 3.8) is 0 Å². The fourth-order valence-electron chi connectivity index (χ4n) is 3.36. The van der Waals surface area contributed by atoms with E-state index in [0.717, 1.165) is 15.7 Å². The van der Waals surface area contributed by atoms with E-state index in [1.54, 1.807) is 23.7 Å². The SMILES string of the molecule is Cc1ccccc1Cn1c(N/N=C\c2ccc(F)cc2)nc2c1c(=O)n(C)c(=O)n2C. The number of hydrazone groups is 1. The van der Waals surface area contributed by atoms with E-state index in [2.05, 4.69) is 15.5 Å². The third kappa shape index (κ3) is 3.77. The fraction of sp³-hybridized carbons (Fsp3) is 0.182. The zero-order valence-electron chi connectivity index (χ0n) is 17.3. The summed E-state index contributed by atoms with van der Waals surface area (Å²) < 4.78 is 17.2. The van der Waals surface area contributed by atoms with Gasteiger partial charge in [0.05, 0.1) is 12.8 Å². The number of anilines is 1. The van der Waals surface area contributed by atoms with Crippen LogP contribution in [0.25, 0.3) is 11.2 Å². The van der Waals surface area contributed by atoms with Crippen LogP contribution in [0.2, 0.25) is 0 Å². The van der Waals surface area contributed by atoms with Gasteiger partial charge in [-0.3, -0.25) is 18.5 Å². The Morgan fingerprint density at radius 2 is 1.77 bits per heavy atom. The lowest BCUT2D eigenvalue weighted by Crippen LogP contribution is -2.37. The molecule has 158 valence electrons. The highest BCUT2D eigenvalue weighted by molar-refractivity contribution is 5.80. The number of nitrogens with zero attached hydrogens (tertiary/aromatic N) is 5. The van der Waals surface area contributed by atoms with Crippen LogP contribution in [-0.4, -0.2) is 24.9 Å². The molecular formula is C22H21FN6O2. The molecule has 0 fully saturated rings. The van der Waals surface area contributed by atoms with Crippen molar-refractivity contribution in [3.8, 4) is 0 Å². The number of fused-ring (bicyclic) bond motifs is 1. The molecule has 4 aromatic rings. The minimum atomic E-state index is -0.459. The number of imidazole rings is 1. The Labute approximate surface area is 176 Å². The van der Waals surface area contributed by atoms with Crippen LogP contribution in [0, 0.1) is 12.7 Å². The summed E-state index contributed by atoms with van der Waals surface area (Å²) in [7, 11) is 3.01. The van der Waals surface area contributed by atoms with Gasteiger partial charge in [0.2, 0.25) is 5.95 Å². The van der Waals surface area contributed by atoms with Crippen LogP contribution < -0.4 is 16.7 Å². The fourth-order valence-corrected chi connectivity index (χ4v) is 3.36. The van der Waals surface area contributed by atoms with Gasteiger partial charge in [0.1, 0.15) is 5.82 Å². The summed E-state index contributed by atoms with van der Waals surface area (Å²) in [6, 6.07) is 13.7. The van der Waals surface area contributed by atoms with Gasteiger partial charge in [-0.2, -0.15) is 10.1 Å². The first kappa shape index (κ1) is 20.3. The molecular weight excluding hydrogens is 399 g/mol. The minimum absolute atomic E-state index is 0.265. The average Bonchev–Trinajstić information content (AvgIpc) is 3.12. The van der Waals surface area contributed by atoms with E-state index in [-0.39, 0.29) is 11.5 Å². The lowest BCUT2D eigenvalue weighted by atomic mass is 10.1. The molecule has 0 aliphatic heterocycles. The maximum Gasteiger partial charge on any atom is 0.332 e. The third-order valence-electron chi connectivity index (χ3n) is 5.19. The van der Waals surface area contributed by atoms with Crippen molar-refractivity contribution in [1.82, 2.24) is 18.7 Å². The molecule has 0 amide bonds. The van der Waals surface area contributed by atoms with Gasteiger partial charge in [0.25, 0.3) is 5.56 Å². The molecule has 1 N–H and O–H groups in total. The molecule has 9 heteroatoms. The number of benzene rings is 2. The predicted molar refractivity (Wildman–Crippen MR) is 118 cm³/mol. The third-order valence-corrected chi connectivity index (χ3v) is 5.19. The Bertz CT molecular complexity index is 1410. The molecule has 0 spiro atoms. The van der Waals surface area contributed by atoms with E-state index in [0.29, 0.717) is 23.6 Å². The normalized spacial score (nSPS) is 11.5. The lowest BCUT2D eigenvalue weighted by Gasteiger charge is -2.11. The van der Waals surface area contributed by atoms with Gasteiger partial charge in [0.15, 0.2) is 11.2 Å². The molecule has 8 nitrogen and oxygen atoms in total. The predicted octanol–water partition coefficient (Wildman–Crippen LogP) is 2.38. The van der Waals surface area contributed by atoms with Crippen molar-refractivity contribution in [3.05, 3.63) is 91.9 Å². The highest BCUT2D eigenvalue weighted by atomic mass is 19.1. The van der Waals surface area contributed by atoms with Crippen LogP contribution >= 0.6 is 0 Å². The lowest BCUT2D eigenvalue weighted by molar-refractivity contribution is 0.628.